The molecule has 0 aliphatic heterocycles. The van der Waals surface area contributed by atoms with Gasteiger partial charge in [-0.15, -0.1) is 0 Å². The van der Waals surface area contributed by atoms with E-state index in [1.165, 1.54) is 18.6 Å². The smallest absolute Gasteiger partial charge is 0.229 e. The highest BCUT2D eigenvalue weighted by Gasteiger charge is 1.97. The van der Waals surface area contributed by atoms with Gasteiger partial charge in [0.2, 0.25) is 6.41 Å². The first-order valence-corrected chi connectivity index (χ1v) is 2.60. The Bertz CT molecular complexity index is 212. The maximum Gasteiger partial charge on any atom is 0.229 e. The second-order valence-corrected chi connectivity index (χ2v) is 1.58. The Kier molecular flexibility index (Phi) is 1.91. The van der Waals surface area contributed by atoms with Crippen LogP contribution in [-0.4, -0.2) is 16.4 Å². The summed E-state index contributed by atoms with van der Waals surface area (Å²) in [5.74, 6) is 5.49. The fourth-order valence-corrected chi connectivity index (χ4v) is 0.479. The molecule has 1 aromatic heterocycles. The van der Waals surface area contributed by atoms with Gasteiger partial charge in [-0.2, -0.15) is 0 Å². The third-order valence-electron chi connectivity index (χ3n) is 0.928. The number of hydrogen-bond donors (Lipinski definition) is 1. The average molecular weight is 138 g/mol. The third kappa shape index (κ3) is 1.26. The molecule has 0 aliphatic carbocycles. The molecule has 52 valence electrons. The van der Waals surface area contributed by atoms with Crippen LogP contribution < -0.4 is 10.9 Å². The van der Waals surface area contributed by atoms with Crippen LogP contribution in [0, 0.1) is 0 Å². The van der Waals surface area contributed by atoms with Crippen LogP contribution in [0.4, 0.5) is 5.82 Å². The van der Waals surface area contributed by atoms with Crippen LogP contribution in [0.5, 0.6) is 0 Å². The number of hydrazine groups is 1. The first-order valence-electron chi connectivity index (χ1n) is 2.60. The van der Waals surface area contributed by atoms with E-state index in [0.29, 0.717) is 12.2 Å². The number of carbonyl (C=O) groups excluding carboxylic acids is 1. The molecule has 0 atom stereocenters. The van der Waals surface area contributed by atoms with Gasteiger partial charge in [-0.05, 0) is 0 Å². The van der Waals surface area contributed by atoms with Gasteiger partial charge in [-0.3, -0.25) is 9.78 Å². The van der Waals surface area contributed by atoms with Crippen LogP contribution >= 0.6 is 0 Å². The lowest BCUT2D eigenvalue weighted by Crippen LogP contribution is -2.29. The van der Waals surface area contributed by atoms with Gasteiger partial charge in [0.05, 0.1) is 6.20 Å². The van der Waals surface area contributed by atoms with Crippen LogP contribution in [-0.2, 0) is 4.79 Å². The standard InChI is InChI=1S/C5H6N4O/c6-9(4-10)5-3-7-1-2-8-5/h1-4H,6H2. The number of amides is 1. The minimum absolute atomic E-state index is 0.331. The molecular formula is C5H6N4O. The Morgan fingerprint density at radius 3 is 2.90 bits per heavy atom. The third-order valence-corrected chi connectivity index (χ3v) is 0.928. The largest absolute Gasteiger partial charge is 0.277 e. The minimum atomic E-state index is 0.331. The molecule has 2 N–H and O–H groups in total. The van der Waals surface area contributed by atoms with Gasteiger partial charge in [0, 0.05) is 12.4 Å². The fraction of sp³-hybridized carbons (Fsp3) is 0. The highest BCUT2D eigenvalue weighted by Crippen LogP contribution is 1.98. The van der Waals surface area contributed by atoms with Gasteiger partial charge in [0.1, 0.15) is 0 Å². The van der Waals surface area contributed by atoms with Crippen LogP contribution in [0.2, 0.25) is 0 Å². The van der Waals surface area contributed by atoms with E-state index < -0.39 is 0 Å². The van der Waals surface area contributed by atoms with E-state index in [4.69, 9.17) is 5.84 Å². The molecule has 1 rings (SSSR count). The number of hydrogen-bond acceptors (Lipinski definition) is 4. The predicted octanol–water partition coefficient (Wildman–Crippen LogP) is -0.687. The maximum absolute atomic E-state index is 10.0. The number of nitrogens with zero attached hydrogens (tertiary/aromatic N) is 3. The zero-order valence-electron chi connectivity index (χ0n) is 5.14. The van der Waals surface area contributed by atoms with Gasteiger partial charge in [0.25, 0.3) is 0 Å². The van der Waals surface area contributed by atoms with Gasteiger partial charge < -0.3 is 0 Å². The molecule has 1 aromatic rings. The normalized spacial score (nSPS) is 8.90. The zero-order valence-corrected chi connectivity index (χ0v) is 5.14. The summed E-state index contributed by atoms with van der Waals surface area (Å²) in [5.41, 5.74) is 0. The Labute approximate surface area is 57.5 Å². The first kappa shape index (κ1) is 6.63. The lowest BCUT2D eigenvalue weighted by atomic mass is 10.6. The van der Waals surface area contributed by atoms with Crippen molar-refractivity contribution >= 4 is 12.2 Å². The Balaban J connectivity index is 2.84. The lowest BCUT2D eigenvalue weighted by Gasteiger charge is -2.05. The average Bonchev–Trinajstić information content (AvgIpc) is 2.05. The zero-order chi connectivity index (χ0) is 7.40. The SMILES string of the molecule is NN(C=O)c1cnccn1. The second kappa shape index (κ2) is 2.88. The molecule has 0 aliphatic rings. The van der Waals surface area contributed by atoms with Crippen LogP contribution in [0.15, 0.2) is 18.6 Å². The first-order chi connectivity index (χ1) is 4.84. The van der Waals surface area contributed by atoms with Crippen molar-refractivity contribution in [3.8, 4) is 0 Å². The van der Waals surface area contributed by atoms with Crippen molar-refractivity contribution in [3.63, 3.8) is 0 Å². The molecule has 0 saturated heterocycles. The molecule has 1 heterocycles. The number of nitrogens with two attached hydrogens (primary N) is 1. The topological polar surface area (TPSA) is 72.1 Å². The van der Waals surface area contributed by atoms with Gasteiger partial charge >= 0.3 is 0 Å². The number of rotatable bonds is 2. The van der Waals surface area contributed by atoms with Crippen LogP contribution in [0.25, 0.3) is 0 Å². The van der Waals surface area contributed by atoms with Crippen molar-refractivity contribution in [3.05, 3.63) is 18.6 Å². The lowest BCUT2D eigenvalue weighted by molar-refractivity contribution is -0.107. The molecule has 0 fully saturated rings. The van der Waals surface area contributed by atoms with E-state index in [2.05, 4.69) is 9.97 Å². The predicted molar refractivity (Wildman–Crippen MR) is 34.8 cm³/mol. The Morgan fingerprint density at radius 1 is 1.60 bits per heavy atom. The van der Waals surface area contributed by atoms with Gasteiger partial charge in [-0.1, -0.05) is 0 Å². The molecule has 0 unspecified atom stereocenters. The highest BCUT2D eigenvalue weighted by molar-refractivity contribution is 5.70. The van der Waals surface area contributed by atoms with Crippen LogP contribution in [0.1, 0.15) is 0 Å². The van der Waals surface area contributed by atoms with Crippen molar-refractivity contribution in [1.29, 1.82) is 0 Å². The van der Waals surface area contributed by atoms with E-state index in [-0.39, 0.29) is 0 Å². The maximum atomic E-state index is 10.0. The Hall–Kier alpha value is -1.49. The summed E-state index contributed by atoms with van der Waals surface area (Å²) in [6, 6.07) is 0. The molecule has 5 nitrogen and oxygen atoms in total. The van der Waals surface area contributed by atoms with Crippen LogP contribution in [0.3, 0.4) is 0 Å². The molecule has 0 bridgehead atoms. The molecule has 0 radical (unpaired) electrons. The van der Waals surface area contributed by atoms with Crippen molar-refractivity contribution in [2.45, 2.75) is 0 Å². The van der Waals surface area contributed by atoms with E-state index in [9.17, 15) is 4.79 Å². The van der Waals surface area contributed by atoms with Gasteiger partial charge in [-0.25, -0.2) is 15.8 Å². The summed E-state index contributed by atoms with van der Waals surface area (Å²) in [7, 11) is 0. The van der Waals surface area contributed by atoms with Gasteiger partial charge in [0.15, 0.2) is 5.82 Å². The number of carbonyl (C=O) groups is 1. The molecule has 0 spiro atoms. The van der Waals surface area contributed by atoms with Crippen molar-refractivity contribution < 1.29 is 4.79 Å². The monoisotopic (exact) mass is 138 g/mol. The van der Waals surface area contributed by atoms with E-state index in [1.807, 2.05) is 0 Å². The van der Waals surface area contributed by atoms with E-state index >= 15 is 0 Å². The minimum Gasteiger partial charge on any atom is -0.277 e. The summed E-state index contributed by atoms with van der Waals surface area (Å²) in [6.45, 7) is 0. The molecular weight excluding hydrogens is 132 g/mol. The van der Waals surface area contributed by atoms with Crippen molar-refractivity contribution in [2.24, 2.45) is 5.84 Å². The molecule has 0 saturated carbocycles. The summed E-state index contributed by atoms with van der Waals surface area (Å²) in [4.78, 5) is 17.5. The Morgan fingerprint density at radius 2 is 2.40 bits per heavy atom. The second-order valence-electron chi connectivity index (χ2n) is 1.58. The molecule has 5 heteroatoms. The number of aromatic nitrogens is 2. The fourth-order valence-electron chi connectivity index (χ4n) is 0.479. The quantitative estimate of drug-likeness (QED) is 0.254. The molecule has 1 amide bonds. The number of anilines is 1. The highest BCUT2D eigenvalue weighted by atomic mass is 16.1. The van der Waals surface area contributed by atoms with Crippen molar-refractivity contribution in [1.82, 2.24) is 9.97 Å². The summed E-state index contributed by atoms with van der Waals surface area (Å²) in [6.07, 6.45) is 4.82. The summed E-state index contributed by atoms with van der Waals surface area (Å²) >= 11 is 0. The molecule has 10 heavy (non-hydrogen) atoms. The molecule has 0 aromatic carbocycles. The summed E-state index contributed by atoms with van der Waals surface area (Å²) < 4.78 is 0. The van der Waals surface area contributed by atoms with E-state index in [1.54, 1.807) is 0 Å². The van der Waals surface area contributed by atoms with Crippen molar-refractivity contribution in [2.75, 3.05) is 5.01 Å². The van der Waals surface area contributed by atoms with E-state index in [0.717, 1.165) is 5.01 Å². The summed E-state index contributed by atoms with van der Waals surface area (Å²) in [5, 5.41) is 0.854.